The molecule has 1 heterocycles. The first-order valence-corrected chi connectivity index (χ1v) is 7.21. The smallest absolute Gasteiger partial charge is 0.104 e. The molecule has 0 spiro atoms. The molecule has 0 aliphatic carbocycles. The van der Waals surface area contributed by atoms with Crippen LogP contribution in [0, 0.1) is 0 Å². The van der Waals surface area contributed by atoms with Crippen LogP contribution in [0.4, 0.5) is 0 Å². The van der Waals surface area contributed by atoms with Crippen LogP contribution in [-0.2, 0) is 12.0 Å². The minimum Gasteiger partial charge on any atom is -0.384 e. The highest BCUT2D eigenvalue weighted by Gasteiger charge is 2.37. The van der Waals surface area contributed by atoms with Crippen LogP contribution in [0.15, 0.2) is 54.6 Å². The maximum Gasteiger partial charge on any atom is 0.104 e. The topological polar surface area (TPSA) is 23.5 Å². The number of rotatable bonds is 3. The second kappa shape index (κ2) is 5.39. The molecule has 2 heteroatoms. The van der Waals surface area contributed by atoms with Gasteiger partial charge in [-0.2, -0.15) is 0 Å². The van der Waals surface area contributed by atoms with Gasteiger partial charge in [-0.15, -0.1) is 0 Å². The predicted octanol–water partition coefficient (Wildman–Crippen LogP) is 2.80. The van der Waals surface area contributed by atoms with Crippen molar-refractivity contribution in [3.05, 3.63) is 71.3 Å². The fraction of sp³-hybridized carbons (Fsp3) is 0.333. The van der Waals surface area contributed by atoms with Crippen molar-refractivity contribution in [1.29, 1.82) is 0 Å². The average molecular weight is 267 g/mol. The molecule has 2 aromatic carbocycles. The molecule has 1 saturated heterocycles. The number of β-amino-alcohol motifs (C(OH)–C–C–N with tert-alkyl or cyclic N) is 1. The third-order valence-electron chi connectivity index (χ3n) is 4.19. The van der Waals surface area contributed by atoms with Crippen molar-refractivity contribution in [2.75, 3.05) is 20.1 Å². The second-order valence-corrected chi connectivity index (χ2v) is 5.84. The highest BCUT2D eigenvalue weighted by Crippen LogP contribution is 2.34. The van der Waals surface area contributed by atoms with Gasteiger partial charge < -0.3 is 10.0 Å². The van der Waals surface area contributed by atoms with Gasteiger partial charge in [0.25, 0.3) is 0 Å². The summed E-state index contributed by atoms with van der Waals surface area (Å²) in [5.74, 6) is 0. The van der Waals surface area contributed by atoms with Gasteiger partial charge in [-0.1, -0.05) is 54.6 Å². The molecular weight excluding hydrogens is 246 g/mol. The van der Waals surface area contributed by atoms with Gasteiger partial charge in [0, 0.05) is 13.1 Å². The lowest BCUT2D eigenvalue weighted by Crippen LogP contribution is -2.30. The Kier molecular flexibility index (Phi) is 3.60. The zero-order valence-electron chi connectivity index (χ0n) is 11.9. The predicted molar refractivity (Wildman–Crippen MR) is 81.7 cm³/mol. The highest BCUT2D eigenvalue weighted by molar-refractivity contribution is 5.37. The molecule has 1 unspecified atom stereocenters. The Labute approximate surface area is 120 Å². The summed E-state index contributed by atoms with van der Waals surface area (Å²) in [7, 11) is 2.07. The number of likely N-dealkylation sites (N-methyl/N-ethyl adjacent to an activating group) is 1. The summed E-state index contributed by atoms with van der Waals surface area (Å²) >= 11 is 0. The molecule has 0 bridgehead atoms. The van der Waals surface area contributed by atoms with Crippen molar-refractivity contribution in [3.8, 4) is 0 Å². The zero-order valence-corrected chi connectivity index (χ0v) is 11.9. The van der Waals surface area contributed by atoms with Gasteiger partial charge in [-0.3, -0.25) is 0 Å². The van der Waals surface area contributed by atoms with Crippen molar-refractivity contribution in [2.24, 2.45) is 0 Å². The fourth-order valence-corrected chi connectivity index (χ4v) is 3.14. The monoisotopic (exact) mass is 267 g/mol. The molecular formula is C18H21NO. The Morgan fingerprint density at radius 3 is 2.45 bits per heavy atom. The molecule has 1 fully saturated rings. The molecule has 0 saturated carbocycles. The van der Waals surface area contributed by atoms with Crippen molar-refractivity contribution in [3.63, 3.8) is 0 Å². The van der Waals surface area contributed by atoms with E-state index < -0.39 is 5.60 Å². The van der Waals surface area contributed by atoms with E-state index in [2.05, 4.69) is 54.4 Å². The van der Waals surface area contributed by atoms with E-state index in [1.54, 1.807) is 0 Å². The van der Waals surface area contributed by atoms with E-state index in [1.807, 2.05) is 12.1 Å². The van der Waals surface area contributed by atoms with E-state index in [-0.39, 0.29) is 0 Å². The van der Waals surface area contributed by atoms with Crippen molar-refractivity contribution in [2.45, 2.75) is 18.4 Å². The number of likely N-dealkylation sites (tertiary alicyclic amines) is 1. The van der Waals surface area contributed by atoms with Crippen LogP contribution in [0.2, 0.25) is 0 Å². The normalized spacial score (nSPS) is 23.1. The maximum atomic E-state index is 11.0. The lowest BCUT2D eigenvalue weighted by molar-refractivity contribution is 0.0481. The Balaban J connectivity index is 1.93. The van der Waals surface area contributed by atoms with Gasteiger partial charge in [-0.05, 0) is 36.6 Å². The lowest BCUT2D eigenvalue weighted by atomic mass is 9.87. The summed E-state index contributed by atoms with van der Waals surface area (Å²) in [6.45, 7) is 1.68. The molecule has 0 amide bonds. The van der Waals surface area contributed by atoms with Crippen LogP contribution in [0.3, 0.4) is 0 Å². The summed E-state index contributed by atoms with van der Waals surface area (Å²) in [4.78, 5) is 2.19. The minimum absolute atomic E-state index is 0.694. The van der Waals surface area contributed by atoms with Gasteiger partial charge >= 0.3 is 0 Å². The van der Waals surface area contributed by atoms with Gasteiger partial charge in [-0.25, -0.2) is 0 Å². The van der Waals surface area contributed by atoms with E-state index in [4.69, 9.17) is 0 Å². The summed E-state index contributed by atoms with van der Waals surface area (Å²) in [5, 5.41) is 11.0. The Bertz CT molecular complexity index is 581. The molecule has 1 aliphatic heterocycles. The second-order valence-electron chi connectivity index (χ2n) is 5.84. The number of benzene rings is 2. The molecule has 20 heavy (non-hydrogen) atoms. The largest absolute Gasteiger partial charge is 0.384 e. The van der Waals surface area contributed by atoms with Crippen LogP contribution in [0.25, 0.3) is 0 Å². The van der Waals surface area contributed by atoms with Crippen LogP contribution < -0.4 is 0 Å². The van der Waals surface area contributed by atoms with Gasteiger partial charge in [0.15, 0.2) is 0 Å². The molecule has 0 aromatic heterocycles. The maximum absolute atomic E-state index is 11.0. The fourth-order valence-electron chi connectivity index (χ4n) is 3.14. The quantitative estimate of drug-likeness (QED) is 0.924. The Morgan fingerprint density at radius 2 is 1.75 bits per heavy atom. The first kappa shape index (κ1) is 13.3. The minimum atomic E-state index is -0.694. The first-order chi connectivity index (χ1) is 9.67. The first-order valence-electron chi connectivity index (χ1n) is 7.21. The van der Waals surface area contributed by atoms with Crippen molar-refractivity contribution in [1.82, 2.24) is 4.90 Å². The molecule has 2 aromatic rings. The molecule has 0 radical (unpaired) electrons. The third-order valence-corrected chi connectivity index (χ3v) is 4.19. The van der Waals surface area contributed by atoms with Crippen LogP contribution in [-0.4, -0.2) is 30.1 Å². The summed E-state index contributed by atoms with van der Waals surface area (Å²) in [6.07, 6.45) is 1.69. The molecule has 1 N–H and O–H groups in total. The number of hydrogen-bond donors (Lipinski definition) is 1. The molecule has 3 rings (SSSR count). The SMILES string of the molecule is CN1CCC(O)(c2ccccc2Cc2ccccc2)C1. The molecule has 1 atom stereocenters. The molecule has 2 nitrogen and oxygen atoms in total. The lowest BCUT2D eigenvalue weighted by Gasteiger charge is -2.26. The van der Waals surface area contributed by atoms with Gasteiger partial charge in [0.1, 0.15) is 5.60 Å². The third kappa shape index (κ3) is 2.62. The van der Waals surface area contributed by atoms with E-state index in [9.17, 15) is 5.11 Å². The molecule has 1 aliphatic rings. The van der Waals surface area contributed by atoms with Crippen molar-refractivity contribution < 1.29 is 5.11 Å². The number of hydrogen-bond acceptors (Lipinski definition) is 2. The summed E-state index contributed by atoms with van der Waals surface area (Å²) in [5.41, 5.74) is 2.92. The van der Waals surface area contributed by atoms with E-state index in [0.29, 0.717) is 0 Å². The zero-order chi connectivity index (χ0) is 14.0. The van der Waals surface area contributed by atoms with Crippen LogP contribution in [0.1, 0.15) is 23.1 Å². The van der Waals surface area contributed by atoms with Crippen LogP contribution >= 0.6 is 0 Å². The summed E-state index contributed by atoms with van der Waals surface area (Å²) in [6, 6.07) is 18.8. The van der Waals surface area contributed by atoms with E-state index >= 15 is 0 Å². The van der Waals surface area contributed by atoms with Gasteiger partial charge in [0.05, 0.1) is 0 Å². The van der Waals surface area contributed by atoms with Crippen molar-refractivity contribution >= 4 is 0 Å². The number of nitrogens with zero attached hydrogens (tertiary/aromatic N) is 1. The Morgan fingerprint density at radius 1 is 1.05 bits per heavy atom. The summed E-state index contributed by atoms with van der Waals surface area (Å²) < 4.78 is 0. The highest BCUT2D eigenvalue weighted by atomic mass is 16.3. The van der Waals surface area contributed by atoms with Gasteiger partial charge in [0.2, 0.25) is 0 Å². The average Bonchev–Trinajstić information content (AvgIpc) is 2.81. The van der Waals surface area contributed by atoms with E-state index in [1.165, 1.54) is 11.1 Å². The van der Waals surface area contributed by atoms with E-state index in [0.717, 1.165) is 31.5 Å². The van der Waals surface area contributed by atoms with Crippen LogP contribution in [0.5, 0.6) is 0 Å². The Hall–Kier alpha value is -1.64. The standard InChI is InChI=1S/C18H21NO/c1-19-12-11-18(20,14-19)17-10-6-5-9-16(17)13-15-7-3-2-4-8-15/h2-10,20H,11-14H2,1H3. The molecule has 104 valence electrons. The number of aliphatic hydroxyl groups is 1.